The number of rotatable bonds is 7. The van der Waals surface area contributed by atoms with Crippen molar-refractivity contribution in [1.82, 2.24) is 5.32 Å². The second kappa shape index (κ2) is 18.0. The number of carbonyl (C=O) groups excluding carboxylic acids is 3. The Balaban J connectivity index is -0.000000534. The van der Waals surface area contributed by atoms with E-state index in [0.29, 0.717) is 32.5 Å². The molecule has 0 aromatic carbocycles. The Morgan fingerprint density at radius 2 is 1.71 bits per heavy atom. The van der Waals surface area contributed by atoms with Crippen molar-refractivity contribution in [2.24, 2.45) is 0 Å². The third-order valence-corrected chi connectivity index (χ3v) is 2.60. The lowest BCUT2D eigenvalue weighted by molar-refractivity contribution is -0.128. The predicted molar refractivity (Wildman–Crippen MR) is 103 cm³/mol. The van der Waals surface area contributed by atoms with Gasteiger partial charge >= 0.3 is 6.09 Å². The SMILES string of the molecule is CC.CCOC=O.CS(C)=CC(=O)CCCNC(=O)OC(C)(C)C. The van der Waals surface area contributed by atoms with Crippen LogP contribution in [0.15, 0.2) is 0 Å². The number of ether oxygens (including phenoxy) is 2. The monoisotopic (exact) mass is 365 g/mol. The highest BCUT2D eigenvalue weighted by Gasteiger charge is 2.15. The molecule has 1 N–H and O–H groups in total. The first-order chi connectivity index (χ1) is 11.1. The molecule has 0 rings (SSSR count). The van der Waals surface area contributed by atoms with E-state index in [1.165, 1.54) is 0 Å². The summed E-state index contributed by atoms with van der Waals surface area (Å²) < 4.78 is 9.22. The molecule has 144 valence electrons. The van der Waals surface area contributed by atoms with E-state index in [9.17, 15) is 14.4 Å². The molecule has 0 aliphatic heterocycles. The molecule has 7 heteroatoms. The molecule has 0 saturated heterocycles. The van der Waals surface area contributed by atoms with Crippen LogP contribution in [0.1, 0.15) is 54.4 Å². The molecule has 0 aromatic rings. The highest BCUT2D eigenvalue weighted by Crippen LogP contribution is 2.06. The second-order valence-electron chi connectivity index (χ2n) is 5.55. The molecule has 1 amide bonds. The molecule has 0 atom stereocenters. The van der Waals surface area contributed by atoms with Crippen molar-refractivity contribution in [3.8, 4) is 0 Å². The number of nitrogens with one attached hydrogen (secondary N) is 1. The van der Waals surface area contributed by atoms with Crippen LogP contribution < -0.4 is 5.32 Å². The lowest BCUT2D eigenvalue weighted by Gasteiger charge is -2.19. The maximum atomic E-state index is 11.3. The van der Waals surface area contributed by atoms with Crippen LogP contribution in [0.3, 0.4) is 0 Å². The Hall–Kier alpha value is -1.37. The van der Waals surface area contributed by atoms with Crippen molar-refractivity contribution < 1.29 is 23.9 Å². The van der Waals surface area contributed by atoms with Crippen LogP contribution in [0.25, 0.3) is 0 Å². The lowest BCUT2D eigenvalue weighted by atomic mass is 10.2. The van der Waals surface area contributed by atoms with Crippen LogP contribution in [-0.4, -0.2) is 55.0 Å². The van der Waals surface area contributed by atoms with Gasteiger partial charge in [0.15, 0.2) is 5.78 Å². The molecule has 24 heavy (non-hydrogen) atoms. The summed E-state index contributed by atoms with van der Waals surface area (Å²) >= 11 is 0. The molecule has 0 aliphatic rings. The minimum Gasteiger partial charge on any atom is -0.468 e. The average Bonchev–Trinajstić information content (AvgIpc) is 2.45. The first kappa shape index (κ1) is 27.5. The average molecular weight is 366 g/mol. The highest BCUT2D eigenvalue weighted by molar-refractivity contribution is 8.14. The van der Waals surface area contributed by atoms with Crippen LogP contribution in [0, 0.1) is 0 Å². The van der Waals surface area contributed by atoms with Crippen molar-refractivity contribution in [3.05, 3.63) is 0 Å². The van der Waals surface area contributed by atoms with E-state index in [-0.39, 0.29) is 16.3 Å². The third-order valence-electron chi connectivity index (χ3n) is 1.87. The summed E-state index contributed by atoms with van der Waals surface area (Å²) in [5, 5.41) is 4.35. The van der Waals surface area contributed by atoms with Gasteiger partial charge in [0.1, 0.15) is 5.60 Å². The van der Waals surface area contributed by atoms with Gasteiger partial charge in [0.05, 0.1) is 6.61 Å². The van der Waals surface area contributed by atoms with Crippen LogP contribution in [0.2, 0.25) is 0 Å². The Morgan fingerprint density at radius 3 is 2.04 bits per heavy atom. The van der Waals surface area contributed by atoms with Gasteiger partial charge in [-0.25, -0.2) is 4.79 Å². The normalized spacial score (nSPS) is 9.54. The molecular formula is C17H35NO5S. The topological polar surface area (TPSA) is 81.7 Å². The van der Waals surface area contributed by atoms with E-state index in [4.69, 9.17) is 4.74 Å². The maximum Gasteiger partial charge on any atom is 0.407 e. The Morgan fingerprint density at radius 1 is 1.17 bits per heavy atom. The van der Waals surface area contributed by atoms with E-state index in [1.54, 1.807) is 12.3 Å². The number of ketones is 1. The van der Waals surface area contributed by atoms with Gasteiger partial charge in [-0.15, -0.1) is 0 Å². The molecule has 0 fully saturated rings. The third kappa shape index (κ3) is 28.7. The zero-order valence-electron chi connectivity index (χ0n) is 16.4. The summed E-state index contributed by atoms with van der Waals surface area (Å²) in [6.45, 7) is 12.6. The molecule has 0 unspecified atom stereocenters. The molecule has 0 aromatic heterocycles. The van der Waals surface area contributed by atoms with Gasteiger partial charge in [0, 0.05) is 18.3 Å². The summed E-state index contributed by atoms with van der Waals surface area (Å²) in [4.78, 5) is 31.8. The molecule has 0 saturated carbocycles. The highest BCUT2D eigenvalue weighted by atomic mass is 32.2. The van der Waals surface area contributed by atoms with Gasteiger partial charge in [0.25, 0.3) is 6.47 Å². The Kier molecular flexibility index (Phi) is 20.6. The van der Waals surface area contributed by atoms with Crippen LogP contribution in [-0.2, 0) is 19.1 Å². The predicted octanol–water partition coefficient (Wildman–Crippen LogP) is 3.40. The quantitative estimate of drug-likeness (QED) is 0.425. The lowest BCUT2D eigenvalue weighted by Crippen LogP contribution is -2.33. The fourth-order valence-electron chi connectivity index (χ4n) is 1.16. The summed E-state index contributed by atoms with van der Waals surface area (Å²) in [5.74, 6) is 0.143. The van der Waals surface area contributed by atoms with Crippen molar-refractivity contribution in [2.45, 2.75) is 60.0 Å². The number of hydrogen-bond donors (Lipinski definition) is 1. The fraction of sp³-hybridized carbons (Fsp3) is 0.765. The summed E-state index contributed by atoms with van der Waals surface area (Å²) in [5.41, 5.74) is -0.480. The zero-order valence-corrected chi connectivity index (χ0v) is 17.2. The van der Waals surface area contributed by atoms with E-state index in [1.807, 2.05) is 47.1 Å². The van der Waals surface area contributed by atoms with E-state index in [0.717, 1.165) is 0 Å². The summed E-state index contributed by atoms with van der Waals surface area (Å²) in [6.07, 6.45) is 4.68. The molecule has 0 spiro atoms. The summed E-state index contributed by atoms with van der Waals surface area (Å²) in [6, 6.07) is 0. The number of amides is 1. The van der Waals surface area contributed by atoms with Gasteiger partial charge in [-0.1, -0.05) is 13.8 Å². The van der Waals surface area contributed by atoms with Crippen LogP contribution >= 0.6 is 10.5 Å². The number of Topliss-reactive ketones (excluding diaryl/α,β-unsaturated/α-hetero) is 1. The number of hydrogen-bond acceptors (Lipinski definition) is 5. The summed E-state index contributed by atoms with van der Waals surface area (Å²) in [7, 11) is 0.0402. The maximum absolute atomic E-state index is 11.3. The van der Waals surface area contributed by atoms with Gasteiger partial charge in [-0.2, -0.15) is 10.5 Å². The van der Waals surface area contributed by atoms with Gasteiger partial charge in [-0.3, -0.25) is 9.59 Å². The van der Waals surface area contributed by atoms with Crippen LogP contribution in [0.5, 0.6) is 0 Å². The van der Waals surface area contributed by atoms with E-state index in [2.05, 4.69) is 10.1 Å². The van der Waals surface area contributed by atoms with Crippen molar-refractivity contribution in [3.63, 3.8) is 0 Å². The smallest absolute Gasteiger partial charge is 0.407 e. The van der Waals surface area contributed by atoms with Crippen LogP contribution in [0.4, 0.5) is 4.79 Å². The molecular weight excluding hydrogens is 330 g/mol. The molecule has 6 nitrogen and oxygen atoms in total. The largest absolute Gasteiger partial charge is 0.468 e. The first-order valence-electron chi connectivity index (χ1n) is 8.08. The van der Waals surface area contributed by atoms with Crippen molar-refractivity contribution in [1.29, 1.82) is 0 Å². The van der Waals surface area contributed by atoms with E-state index >= 15 is 0 Å². The fourth-order valence-corrected chi connectivity index (χ4v) is 1.80. The Bertz CT molecular complexity index is 372. The minimum atomic E-state index is -0.480. The minimum absolute atomic E-state index is 0.0402. The van der Waals surface area contributed by atoms with E-state index < -0.39 is 11.7 Å². The molecule has 0 heterocycles. The molecule has 0 aliphatic carbocycles. The van der Waals surface area contributed by atoms with Gasteiger partial charge < -0.3 is 14.8 Å². The first-order valence-corrected chi connectivity index (χ1v) is 10.2. The number of alkyl carbamates (subject to hydrolysis) is 1. The van der Waals surface area contributed by atoms with Crippen molar-refractivity contribution in [2.75, 3.05) is 25.7 Å². The zero-order chi connectivity index (χ0) is 19.6. The van der Waals surface area contributed by atoms with Gasteiger partial charge in [0.2, 0.25) is 0 Å². The standard InChI is InChI=1S/C12H23NO3S.C3H6O2.C2H6/c1-12(2,3)16-11(15)13-8-6-7-10(14)9-17(4)5;1-2-5-3-4;1-2/h9H,6-8H2,1-5H3,(H,13,15);3H,2H2,1H3;1-2H3. The second-order valence-corrected chi connectivity index (χ2v) is 7.54. The van der Waals surface area contributed by atoms with Gasteiger partial charge in [-0.05, 0) is 46.6 Å². The number of carbonyl (C=O) groups is 3. The van der Waals surface area contributed by atoms with Crippen molar-refractivity contribution >= 4 is 34.2 Å². The Labute approximate surface area is 149 Å². The molecule has 0 bridgehead atoms. The molecule has 0 radical (unpaired) electrons.